The van der Waals surface area contributed by atoms with Crippen molar-refractivity contribution < 1.29 is 28.8 Å². The molecule has 4 atom stereocenters. The lowest BCUT2D eigenvalue weighted by atomic mass is 9.99. The van der Waals surface area contributed by atoms with E-state index in [1.165, 1.54) is 0 Å². The number of ether oxygens (including phenoxy) is 4. The van der Waals surface area contributed by atoms with Crippen molar-refractivity contribution in [2.45, 2.75) is 44.2 Å². The van der Waals surface area contributed by atoms with Gasteiger partial charge < -0.3 is 33.9 Å². The first kappa shape index (κ1) is 20.3. The van der Waals surface area contributed by atoms with Crippen molar-refractivity contribution in [1.82, 2.24) is 4.90 Å². The van der Waals surface area contributed by atoms with Gasteiger partial charge in [0.05, 0.1) is 31.5 Å². The molecule has 1 N–H and O–H groups in total. The van der Waals surface area contributed by atoms with Gasteiger partial charge in [-0.1, -0.05) is 0 Å². The molecule has 29 heavy (non-hydrogen) atoms. The van der Waals surface area contributed by atoms with Crippen LogP contribution in [0, 0.1) is 5.92 Å². The van der Waals surface area contributed by atoms with Gasteiger partial charge >= 0.3 is 0 Å². The van der Waals surface area contributed by atoms with Crippen molar-refractivity contribution >= 4 is 11.6 Å². The van der Waals surface area contributed by atoms with Crippen LogP contribution >= 0.6 is 0 Å². The molecule has 3 heterocycles. The van der Waals surface area contributed by atoms with E-state index in [4.69, 9.17) is 18.9 Å². The number of carbonyl (C=O) groups is 1. The van der Waals surface area contributed by atoms with Crippen LogP contribution in [0.1, 0.15) is 36.0 Å². The highest BCUT2D eigenvalue weighted by Crippen LogP contribution is 2.42. The normalized spacial score (nSPS) is 29.3. The molecule has 0 saturated carbocycles. The number of aliphatic hydroxyl groups is 1. The minimum Gasteiger partial charge on any atom is -0.493 e. The monoisotopic (exact) mass is 406 g/mol. The maximum Gasteiger partial charge on any atom is 0.256 e. The Morgan fingerprint density at radius 1 is 1.17 bits per heavy atom. The summed E-state index contributed by atoms with van der Waals surface area (Å²) in [5, 5.41) is 9.99. The van der Waals surface area contributed by atoms with E-state index in [2.05, 4.69) is 0 Å². The summed E-state index contributed by atoms with van der Waals surface area (Å²) in [5.74, 6) is 0.939. The fourth-order valence-corrected chi connectivity index (χ4v) is 4.70. The third kappa shape index (κ3) is 3.53. The lowest BCUT2D eigenvalue weighted by Gasteiger charge is -2.39. The second kappa shape index (κ2) is 8.38. The molecule has 3 aliphatic rings. The minimum absolute atomic E-state index is 0.0106. The van der Waals surface area contributed by atoms with Crippen molar-refractivity contribution in [2.24, 2.45) is 5.92 Å². The van der Waals surface area contributed by atoms with Crippen molar-refractivity contribution in [2.75, 3.05) is 45.9 Å². The predicted octanol–water partition coefficient (Wildman–Crippen LogP) is 1.85. The maximum atomic E-state index is 13.5. The Hall–Kier alpha value is -2.03. The van der Waals surface area contributed by atoms with Gasteiger partial charge in [-0.2, -0.15) is 0 Å². The largest absolute Gasteiger partial charge is 0.493 e. The fraction of sp³-hybridized carbons (Fsp3) is 0.667. The third-order valence-corrected chi connectivity index (χ3v) is 6.29. The Balaban J connectivity index is 1.77. The number of carbonyl (C=O) groups excluding carboxylic acids is 1. The third-order valence-electron chi connectivity index (χ3n) is 6.29. The number of nitrogens with zero attached hydrogens (tertiary/aromatic N) is 2. The van der Waals surface area contributed by atoms with E-state index < -0.39 is 6.23 Å². The zero-order valence-corrected chi connectivity index (χ0v) is 17.3. The summed E-state index contributed by atoms with van der Waals surface area (Å²) < 4.78 is 23.1. The first-order valence-corrected chi connectivity index (χ1v) is 10.3. The lowest BCUT2D eigenvalue weighted by Crippen LogP contribution is -2.53. The summed E-state index contributed by atoms with van der Waals surface area (Å²) in [5.41, 5.74) is 1.27. The molecule has 4 rings (SSSR count). The number of rotatable bonds is 5. The van der Waals surface area contributed by atoms with E-state index in [9.17, 15) is 9.90 Å². The zero-order valence-electron chi connectivity index (χ0n) is 17.3. The highest BCUT2D eigenvalue weighted by molar-refractivity contribution is 6.02. The number of aliphatic hydroxyl groups excluding tert-OH is 1. The summed E-state index contributed by atoms with van der Waals surface area (Å²) >= 11 is 0. The molecule has 1 amide bonds. The van der Waals surface area contributed by atoms with Crippen LogP contribution in [0.2, 0.25) is 0 Å². The van der Waals surface area contributed by atoms with Gasteiger partial charge in [0.2, 0.25) is 0 Å². The van der Waals surface area contributed by atoms with E-state index in [1.807, 2.05) is 22.9 Å². The van der Waals surface area contributed by atoms with Gasteiger partial charge in [-0.3, -0.25) is 4.79 Å². The summed E-state index contributed by atoms with van der Waals surface area (Å²) in [7, 11) is 5.05. The average molecular weight is 406 g/mol. The van der Waals surface area contributed by atoms with E-state index in [1.54, 1.807) is 20.3 Å². The Labute approximate surface area is 171 Å². The summed E-state index contributed by atoms with van der Waals surface area (Å²) in [4.78, 5) is 17.3. The topological polar surface area (TPSA) is 80.7 Å². The van der Waals surface area contributed by atoms with Crippen LogP contribution < -0.4 is 14.4 Å². The standard InChI is InChI=1S/C21H30N2O6/c1-22-15-11-17(27-3)16(26-2)10-14(15)20(25)23-8-7-13(12-24)19(23)21(22)29-18-6-4-5-9-28-18/h10-11,13,18-19,21,24H,4-9,12H2,1-3H3/t13?,18?,19-,21?/m0/s1. The van der Waals surface area contributed by atoms with Gasteiger partial charge in [0.25, 0.3) is 5.91 Å². The van der Waals surface area contributed by atoms with Crippen LogP contribution in [0.15, 0.2) is 12.1 Å². The van der Waals surface area contributed by atoms with Gasteiger partial charge in [-0.05, 0) is 31.7 Å². The molecule has 160 valence electrons. The molecular weight excluding hydrogens is 376 g/mol. The highest BCUT2D eigenvalue weighted by atomic mass is 16.7. The maximum absolute atomic E-state index is 13.5. The van der Waals surface area contributed by atoms with Gasteiger partial charge in [0.1, 0.15) is 0 Å². The van der Waals surface area contributed by atoms with Crippen LogP contribution in [0.5, 0.6) is 11.5 Å². The summed E-state index contributed by atoms with van der Waals surface area (Å²) in [6.45, 7) is 1.28. The predicted molar refractivity (Wildman–Crippen MR) is 106 cm³/mol. The molecule has 0 spiro atoms. The van der Waals surface area contributed by atoms with Crippen molar-refractivity contribution in [3.8, 4) is 11.5 Å². The molecule has 2 fully saturated rings. The van der Waals surface area contributed by atoms with Crippen molar-refractivity contribution in [3.63, 3.8) is 0 Å². The quantitative estimate of drug-likeness (QED) is 0.799. The molecule has 3 aliphatic heterocycles. The zero-order chi connectivity index (χ0) is 20.5. The number of likely N-dealkylation sites (N-methyl/N-ethyl adjacent to an activating group) is 1. The molecule has 1 aromatic rings. The van der Waals surface area contributed by atoms with Crippen LogP contribution in [0.3, 0.4) is 0 Å². The van der Waals surface area contributed by atoms with Gasteiger partial charge in [-0.25, -0.2) is 0 Å². The lowest BCUT2D eigenvalue weighted by molar-refractivity contribution is -0.199. The molecule has 3 unspecified atom stereocenters. The number of fused-ring (bicyclic) bond motifs is 2. The summed E-state index contributed by atoms with van der Waals surface area (Å²) in [6, 6.07) is 3.29. The van der Waals surface area contributed by atoms with Crippen molar-refractivity contribution in [1.29, 1.82) is 0 Å². The number of benzene rings is 1. The molecule has 2 saturated heterocycles. The Bertz CT molecular complexity index is 751. The van der Waals surface area contributed by atoms with Crippen LogP contribution in [0.25, 0.3) is 0 Å². The van der Waals surface area contributed by atoms with Gasteiger partial charge in [0.15, 0.2) is 24.0 Å². The molecule has 1 aromatic carbocycles. The SMILES string of the molecule is COc1cc2c(cc1OC)N(C)C(OC1CCCCO1)[C@@H]1C(CO)CCN1C2=O. The molecule has 0 bridgehead atoms. The van der Waals surface area contributed by atoms with Crippen LogP contribution in [-0.2, 0) is 9.47 Å². The second-order valence-electron chi connectivity index (χ2n) is 7.88. The Morgan fingerprint density at radius 2 is 1.93 bits per heavy atom. The van der Waals surface area contributed by atoms with E-state index in [0.717, 1.165) is 31.4 Å². The second-order valence-corrected chi connectivity index (χ2v) is 7.88. The fourth-order valence-electron chi connectivity index (χ4n) is 4.70. The minimum atomic E-state index is -0.430. The average Bonchev–Trinajstić information content (AvgIpc) is 3.17. The van der Waals surface area contributed by atoms with Crippen LogP contribution in [-0.4, -0.2) is 75.5 Å². The molecule has 0 aromatic heterocycles. The van der Waals surface area contributed by atoms with E-state index in [0.29, 0.717) is 30.2 Å². The Morgan fingerprint density at radius 3 is 2.59 bits per heavy atom. The van der Waals surface area contributed by atoms with Gasteiger partial charge in [0, 0.05) is 38.8 Å². The van der Waals surface area contributed by atoms with E-state index in [-0.39, 0.29) is 30.8 Å². The number of anilines is 1. The molecule has 8 heteroatoms. The first-order chi connectivity index (χ1) is 14.1. The van der Waals surface area contributed by atoms with Crippen LogP contribution in [0.4, 0.5) is 5.69 Å². The summed E-state index contributed by atoms with van der Waals surface area (Å²) in [6.07, 6.45) is 2.92. The molecule has 0 radical (unpaired) electrons. The van der Waals surface area contributed by atoms with Crippen molar-refractivity contribution in [3.05, 3.63) is 17.7 Å². The molecule has 0 aliphatic carbocycles. The van der Waals surface area contributed by atoms with E-state index >= 15 is 0 Å². The first-order valence-electron chi connectivity index (χ1n) is 10.3. The molecular formula is C21H30N2O6. The smallest absolute Gasteiger partial charge is 0.256 e. The number of methoxy groups -OCH3 is 2. The molecule has 8 nitrogen and oxygen atoms in total. The number of hydrogen-bond donors (Lipinski definition) is 1. The highest BCUT2D eigenvalue weighted by Gasteiger charge is 2.48. The number of amides is 1. The van der Waals surface area contributed by atoms with Gasteiger partial charge in [-0.15, -0.1) is 0 Å². The Kier molecular flexibility index (Phi) is 5.85. The number of hydrogen-bond acceptors (Lipinski definition) is 7.